The van der Waals surface area contributed by atoms with E-state index in [1.165, 1.54) is 25.1 Å². The largest absolute Gasteiger partial charge is 0.454 e. The van der Waals surface area contributed by atoms with Gasteiger partial charge in [0.15, 0.2) is 6.61 Å². The molecule has 0 bridgehead atoms. The second-order valence-corrected chi connectivity index (χ2v) is 4.42. The predicted molar refractivity (Wildman–Crippen MR) is 80.0 cm³/mol. The number of carbonyl (C=O) groups is 2. The molecule has 0 aliphatic rings. The van der Waals surface area contributed by atoms with Crippen molar-refractivity contribution in [3.63, 3.8) is 0 Å². The zero-order valence-corrected chi connectivity index (χ0v) is 12.4. The Morgan fingerprint density at radius 1 is 1.36 bits per heavy atom. The van der Waals surface area contributed by atoms with Crippen LogP contribution >= 0.6 is 0 Å². The molecule has 1 aromatic rings. The maximum atomic E-state index is 13.4. The molecule has 1 rings (SSSR count). The lowest BCUT2D eigenvalue weighted by molar-refractivity contribution is -0.137. The molecule has 4 N–H and O–H groups in total. The Morgan fingerprint density at radius 3 is 2.55 bits per heavy atom. The van der Waals surface area contributed by atoms with Crippen LogP contribution in [-0.2, 0) is 9.53 Å². The zero-order chi connectivity index (χ0) is 16.7. The highest BCUT2D eigenvalue weighted by Crippen LogP contribution is 2.09. The first-order valence-electron chi connectivity index (χ1n) is 6.62. The highest BCUT2D eigenvalue weighted by Gasteiger charge is 2.20. The molecular weight excluding hydrogens is 289 g/mol. The SMILES string of the molecule is CCN/C(N)=C(\C(C)=N)C(=O)OCC(=O)c1ccccc1F. The van der Waals surface area contributed by atoms with Gasteiger partial charge in [-0.2, -0.15) is 0 Å². The third-order valence-corrected chi connectivity index (χ3v) is 2.72. The molecule has 6 nitrogen and oxygen atoms in total. The molecule has 0 aliphatic carbocycles. The summed E-state index contributed by atoms with van der Waals surface area (Å²) in [4.78, 5) is 23.8. The number of esters is 1. The van der Waals surface area contributed by atoms with E-state index in [0.29, 0.717) is 6.54 Å². The Hall–Kier alpha value is -2.70. The van der Waals surface area contributed by atoms with Crippen LogP contribution in [0.4, 0.5) is 4.39 Å². The minimum Gasteiger partial charge on any atom is -0.454 e. The topological polar surface area (TPSA) is 105 Å². The van der Waals surface area contributed by atoms with Crippen LogP contribution in [0.2, 0.25) is 0 Å². The summed E-state index contributed by atoms with van der Waals surface area (Å²) in [7, 11) is 0. The number of hydrogen-bond acceptors (Lipinski definition) is 6. The summed E-state index contributed by atoms with van der Waals surface area (Å²) in [5.41, 5.74) is 5.25. The number of ketones is 1. The van der Waals surface area contributed by atoms with Crippen molar-refractivity contribution in [2.75, 3.05) is 13.2 Å². The Kier molecular flexibility index (Phi) is 6.25. The monoisotopic (exact) mass is 307 g/mol. The van der Waals surface area contributed by atoms with Crippen molar-refractivity contribution in [1.82, 2.24) is 5.32 Å². The second kappa shape index (κ2) is 7.92. The lowest BCUT2D eigenvalue weighted by atomic mass is 10.1. The van der Waals surface area contributed by atoms with Crippen LogP contribution in [0.25, 0.3) is 0 Å². The van der Waals surface area contributed by atoms with E-state index >= 15 is 0 Å². The van der Waals surface area contributed by atoms with Crippen LogP contribution in [0.1, 0.15) is 24.2 Å². The van der Waals surface area contributed by atoms with Crippen LogP contribution < -0.4 is 11.1 Å². The molecule has 0 aromatic heterocycles. The third-order valence-electron chi connectivity index (χ3n) is 2.72. The number of nitrogens with one attached hydrogen (secondary N) is 2. The van der Waals surface area contributed by atoms with E-state index in [1.807, 2.05) is 0 Å². The fraction of sp³-hybridized carbons (Fsp3) is 0.267. The van der Waals surface area contributed by atoms with Gasteiger partial charge < -0.3 is 21.2 Å². The van der Waals surface area contributed by atoms with Crippen molar-refractivity contribution in [1.29, 1.82) is 5.41 Å². The van der Waals surface area contributed by atoms with Crippen LogP contribution in [0.3, 0.4) is 0 Å². The first-order chi connectivity index (χ1) is 10.4. The van der Waals surface area contributed by atoms with E-state index in [1.54, 1.807) is 6.92 Å². The number of hydrogen-bond donors (Lipinski definition) is 3. The summed E-state index contributed by atoms with van der Waals surface area (Å²) in [6.07, 6.45) is 0. The molecular formula is C15H18FN3O3. The van der Waals surface area contributed by atoms with E-state index in [9.17, 15) is 14.0 Å². The smallest absolute Gasteiger partial charge is 0.344 e. The summed E-state index contributed by atoms with van der Waals surface area (Å²) in [6.45, 7) is 2.98. The van der Waals surface area contributed by atoms with Gasteiger partial charge in [0.05, 0.1) is 5.56 Å². The van der Waals surface area contributed by atoms with Crippen LogP contribution in [0.15, 0.2) is 35.7 Å². The number of halogens is 1. The fourth-order valence-electron chi connectivity index (χ4n) is 1.71. The first-order valence-corrected chi connectivity index (χ1v) is 6.62. The molecule has 0 saturated carbocycles. The molecule has 118 valence electrons. The van der Waals surface area contributed by atoms with Gasteiger partial charge in [0.1, 0.15) is 17.2 Å². The Morgan fingerprint density at radius 2 is 2.00 bits per heavy atom. The van der Waals surface area contributed by atoms with Crippen LogP contribution in [-0.4, -0.2) is 30.6 Å². The molecule has 0 aliphatic heterocycles. The highest BCUT2D eigenvalue weighted by atomic mass is 19.1. The lowest BCUT2D eigenvalue weighted by Crippen LogP contribution is -2.29. The van der Waals surface area contributed by atoms with Gasteiger partial charge in [0.2, 0.25) is 5.78 Å². The maximum absolute atomic E-state index is 13.4. The van der Waals surface area contributed by atoms with Crippen molar-refractivity contribution in [2.24, 2.45) is 5.73 Å². The number of rotatable bonds is 7. The summed E-state index contributed by atoms with van der Waals surface area (Å²) >= 11 is 0. The molecule has 0 radical (unpaired) electrons. The number of benzene rings is 1. The molecule has 0 spiro atoms. The van der Waals surface area contributed by atoms with Crippen molar-refractivity contribution in [2.45, 2.75) is 13.8 Å². The van der Waals surface area contributed by atoms with Gasteiger partial charge in [-0.15, -0.1) is 0 Å². The normalized spacial score (nSPS) is 11.4. The van der Waals surface area contributed by atoms with Gasteiger partial charge in [-0.1, -0.05) is 12.1 Å². The minimum atomic E-state index is -0.907. The predicted octanol–water partition coefficient (Wildman–Crippen LogP) is 1.37. The van der Waals surface area contributed by atoms with Gasteiger partial charge in [-0.05, 0) is 26.0 Å². The average Bonchev–Trinajstić information content (AvgIpc) is 2.45. The van der Waals surface area contributed by atoms with Crippen LogP contribution in [0.5, 0.6) is 0 Å². The molecule has 0 heterocycles. The summed E-state index contributed by atoms with van der Waals surface area (Å²) in [6, 6.07) is 5.41. The van der Waals surface area contributed by atoms with Crippen LogP contribution in [0, 0.1) is 11.2 Å². The van der Waals surface area contributed by atoms with Gasteiger partial charge in [-0.25, -0.2) is 9.18 Å². The maximum Gasteiger partial charge on any atom is 0.344 e. The Balaban J connectivity index is 2.80. The molecule has 0 amide bonds. The van der Waals surface area contributed by atoms with Crippen molar-refractivity contribution >= 4 is 17.5 Å². The number of ether oxygens (including phenoxy) is 1. The molecule has 1 aromatic carbocycles. The fourth-order valence-corrected chi connectivity index (χ4v) is 1.71. The number of Topliss-reactive ketones (excluding diaryl/α,β-unsaturated/α-hetero) is 1. The zero-order valence-electron chi connectivity index (χ0n) is 12.4. The molecule has 22 heavy (non-hydrogen) atoms. The van der Waals surface area contributed by atoms with Crippen molar-refractivity contribution < 1.29 is 18.7 Å². The Labute approximate surface area is 127 Å². The second-order valence-electron chi connectivity index (χ2n) is 4.42. The molecule has 0 saturated heterocycles. The quantitative estimate of drug-likeness (QED) is 0.305. The molecule has 0 atom stereocenters. The first kappa shape index (κ1) is 17.4. The van der Waals surface area contributed by atoms with Gasteiger partial charge in [0.25, 0.3) is 0 Å². The van der Waals surface area contributed by atoms with Gasteiger partial charge in [-0.3, -0.25) is 4.79 Å². The van der Waals surface area contributed by atoms with Gasteiger partial charge in [0, 0.05) is 12.3 Å². The standard InChI is InChI=1S/C15H18FN3O3/c1-3-19-14(18)13(9(2)17)15(21)22-8-12(20)10-6-4-5-7-11(10)16/h4-7,17,19H,3,8,18H2,1-2H3/b14-13+,17-9?. The number of carbonyl (C=O) groups excluding carboxylic acids is 2. The Bertz CT molecular complexity index is 626. The minimum absolute atomic E-state index is 0.00154. The number of nitrogens with two attached hydrogens (primary N) is 1. The van der Waals surface area contributed by atoms with E-state index in [4.69, 9.17) is 15.9 Å². The molecule has 7 heteroatoms. The van der Waals surface area contributed by atoms with E-state index in [2.05, 4.69) is 5.32 Å². The summed E-state index contributed by atoms with van der Waals surface area (Å²) < 4.78 is 18.3. The highest BCUT2D eigenvalue weighted by molar-refractivity contribution is 6.18. The van der Waals surface area contributed by atoms with Gasteiger partial charge >= 0.3 is 5.97 Å². The third kappa shape index (κ3) is 4.41. The van der Waals surface area contributed by atoms with E-state index in [0.717, 1.165) is 6.07 Å². The van der Waals surface area contributed by atoms with Crippen molar-refractivity contribution in [3.05, 3.63) is 47.0 Å². The summed E-state index contributed by atoms with van der Waals surface area (Å²) in [5.74, 6) is -2.26. The molecule has 0 unspecified atom stereocenters. The van der Waals surface area contributed by atoms with E-state index < -0.39 is 24.2 Å². The summed E-state index contributed by atoms with van der Waals surface area (Å²) in [5, 5.41) is 10.3. The van der Waals surface area contributed by atoms with E-state index in [-0.39, 0.29) is 22.7 Å². The molecule has 0 fully saturated rings. The lowest BCUT2D eigenvalue weighted by Gasteiger charge is -2.11. The average molecular weight is 307 g/mol. The van der Waals surface area contributed by atoms with Crippen molar-refractivity contribution in [3.8, 4) is 0 Å².